The van der Waals surface area contributed by atoms with Crippen molar-refractivity contribution in [2.45, 2.75) is 19.1 Å². The normalized spacial score (nSPS) is 8.44. The fourth-order valence-corrected chi connectivity index (χ4v) is 0.680. The summed E-state index contributed by atoms with van der Waals surface area (Å²) >= 11 is 5.68. The summed E-state index contributed by atoms with van der Waals surface area (Å²) in [7, 11) is 0. The molecule has 2 heteroatoms. The smallest absolute Gasteiger partial charge is 0.00399 e. The van der Waals surface area contributed by atoms with Crippen molar-refractivity contribution < 1.29 is 0 Å². The van der Waals surface area contributed by atoms with E-state index in [1.165, 1.54) is 0 Å². The molecule has 0 unspecified atom stereocenters. The third-order valence-corrected chi connectivity index (χ3v) is 1.05. The van der Waals surface area contributed by atoms with Crippen molar-refractivity contribution in [1.29, 1.82) is 0 Å². The molecule has 0 aliphatic rings. The molecule has 0 N–H and O–H groups in total. The first kappa shape index (κ1) is 9.05. The van der Waals surface area contributed by atoms with Crippen LogP contribution in [0, 0.1) is 0 Å². The summed E-state index contributed by atoms with van der Waals surface area (Å²) in [6.07, 6.45) is 0. The Morgan fingerprint density at radius 3 is 1.67 bits per heavy atom. The molecule has 1 aromatic rings. The number of hydrogen-bond acceptors (Lipinski definition) is 2. The molecule has 1 aromatic heterocycles. The van der Waals surface area contributed by atoms with Gasteiger partial charge in [-0.25, -0.2) is 0 Å². The highest BCUT2D eigenvalue weighted by molar-refractivity contribution is 7.80. The first-order valence-electron chi connectivity index (χ1n) is 2.88. The molecule has 0 fully saturated rings. The molecule has 0 nitrogen and oxygen atoms in total. The maximum Gasteiger partial charge on any atom is -0.00399 e. The van der Waals surface area contributed by atoms with Gasteiger partial charge in [-0.2, -0.15) is 24.0 Å². The Bertz CT molecular complexity index is 90.5. The van der Waals surface area contributed by atoms with Gasteiger partial charge in [0.25, 0.3) is 0 Å². The maximum absolute atomic E-state index is 3.97. The Morgan fingerprint density at radius 2 is 1.56 bits per heavy atom. The highest BCUT2D eigenvalue weighted by Crippen LogP contribution is 1.91. The number of thiol groups is 1. The van der Waals surface area contributed by atoms with Gasteiger partial charge in [0.2, 0.25) is 0 Å². The van der Waals surface area contributed by atoms with Crippen molar-refractivity contribution in [3.63, 3.8) is 0 Å². The third kappa shape index (κ3) is 11.6. The molecule has 0 aliphatic carbocycles. The van der Waals surface area contributed by atoms with Crippen LogP contribution in [0.4, 0.5) is 0 Å². The monoisotopic (exact) mass is 160 g/mol. The maximum atomic E-state index is 3.97. The standard InChI is InChI=1S/C4H4S.C3H8S/c1-2-4-5-3-1;1-3(2)4/h1-4H;3-4H,1-2H3. The van der Waals surface area contributed by atoms with E-state index in [1.807, 2.05) is 36.7 Å². The topological polar surface area (TPSA) is 0 Å². The van der Waals surface area contributed by atoms with Crippen LogP contribution < -0.4 is 0 Å². The summed E-state index contributed by atoms with van der Waals surface area (Å²) in [5.74, 6) is 0. The molecule has 0 aromatic carbocycles. The lowest BCUT2D eigenvalue weighted by atomic mass is 10.6. The first-order chi connectivity index (χ1) is 4.23. The van der Waals surface area contributed by atoms with E-state index in [0.29, 0.717) is 5.25 Å². The van der Waals surface area contributed by atoms with E-state index < -0.39 is 0 Å². The van der Waals surface area contributed by atoms with Crippen molar-refractivity contribution in [3.05, 3.63) is 22.9 Å². The lowest BCUT2D eigenvalue weighted by Crippen LogP contribution is -1.71. The molecule has 0 saturated carbocycles. The van der Waals surface area contributed by atoms with Crippen LogP contribution in [0.15, 0.2) is 22.9 Å². The summed E-state index contributed by atoms with van der Waals surface area (Å²) in [4.78, 5) is 0. The van der Waals surface area contributed by atoms with Crippen LogP contribution >= 0.6 is 24.0 Å². The van der Waals surface area contributed by atoms with E-state index in [-0.39, 0.29) is 0 Å². The zero-order chi connectivity index (χ0) is 7.11. The minimum Gasteiger partial charge on any atom is -0.177 e. The number of hydrogen-bond donors (Lipinski definition) is 1. The Hall–Kier alpha value is 0.0500. The Balaban J connectivity index is 0.000000148. The van der Waals surface area contributed by atoms with Gasteiger partial charge in [-0.1, -0.05) is 26.0 Å². The van der Waals surface area contributed by atoms with E-state index in [1.54, 1.807) is 11.3 Å². The average molecular weight is 160 g/mol. The van der Waals surface area contributed by atoms with Crippen LogP contribution in [-0.2, 0) is 0 Å². The molecule has 0 saturated heterocycles. The van der Waals surface area contributed by atoms with Crippen LogP contribution in [0.25, 0.3) is 0 Å². The molecule has 0 bridgehead atoms. The second-order valence-corrected chi connectivity index (χ2v) is 3.74. The van der Waals surface area contributed by atoms with E-state index in [2.05, 4.69) is 12.6 Å². The predicted molar refractivity (Wildman–Crippen MR) is 48.4 cm³/mol. The van der Waals surface area contributed by atoms with Gasteiger partial charge in [0.05, 0.1) is 0 Å². The molecular weight excluding hydrogens is 148 g/mol. The molecule has 0 radical (unpaired) electrons. The van der Waals surface area contributed by atoms with Gasteiger partial charge in [-0.05, 0) is 16.0 Å². The average Bonchev–Trinajstić information content (AvgIpc) is 2.11. The second kappa shape index (κ2) is 6.17. The quantitative estimate of drug-likeness (QED) is 0.554. The molecule has 9 heavy (non-hydrogen) atoms. The first-order valence-corrected chi connectivity index (χ1v) is 4.34. The van der Waals surface area contributed by atoms with Crippen LogP contribution in [0.5, 0.6) is 0 Å². The Labute approximate surface area is 66.3 Å². The molecule has 0 aliphatic heterocycles. The zero-order valence-corrected chi connectivity index (χ0v) is 7.45. The van der Waals surface area contributed by atoms with E-state index in [0.717, 1.165) is 0 Å². The van der Waals surface area contributed by atoms with Gasteiger partial charge in [-0.15, -0.1) is 0 Å². The fourth-order valence-electron chi connectivity index (χ4n) is 0.227. The minimum absolute atomic E-state index is 0.528. The summed E-state index contributed by atoms with van der Waals surface area (Å²) in [5, 5.41) is 4.61. The molecule has 0 spiro atoms. The van der Waals surface area contributed by atoms with Crippen molar-refractivity contribution in [2.75, 3.05) is 0 Å². The van der Waals surface area contributed by atoms with E-state index >= 15 is 0 Å². The SMILES string of the molecule is CC(C)S.c1ccsc1. The van der Waals surface area contributed by atoms with Crippen molar-refractivity contribution in [2.24, 2.45) is 0 Å². The number of rotatable bonds is 0. The Morgan fingerprint density at radius 1 is 1.22 bits per heavy atom. The van der Waals surface area contributed by atoms with Gasteiger partial charge >= 0.3 is 0 Å². The van der Waals surface area contributed by atoms with Gasteiger partial charge in [-0.3, -0.25) is 0 Å². The van der Waals surface area contributed by atoms with E-state index in [4.69, 9.17) is 0 Å². The van der Waals surface area contributed by atoms with Crippen LogP contribution in [0.1, 0.15) is 13.8 Å². The molecular formula is C7H12S2. The fraction of sp³-hybridized carbons (Fsp3) is 0.429. The predicted octanol–water partition coefficient (Wildman–Crippen LogP) is 3.07. The summed E-state index contributed by atoms with van der Waals surface area (Å²) < 4.78 is 0. The Kier molecular flexibility index (Phi) is 6.21. The lowest BCUT2D eigenvalue weighted by Gasteiger charge is -1.78. The van der Waals surface area contributed by atoms with Gasteiger partial charge in [0, 0.05) is 0 Å². The summed E-state index contributed by atoms with van der Waals surface area (Å²) in [5.41, 5.74) is 0. The van der Waals surface area contributed by atoms with E-state index in [9.17, 15) is 0 Å². The van der Waals surface area contributed by atoms with Crippen LogP contribution in [0.2, 0.25) is 0 Å². The van der Waals surface area contributed by atoms with Gasteiger partial charge < -0.3 is 0 Å². The van der Waals surface area contributed by atoms with Crippen LogP contribution in [-0.4, -0.2) is 5.25 Å². The highest BCUT2D eigenvalue weighted by atomic mass is 32.1. The van der Waals surface area contributed by atoms with Crippen molar-refractivity contribution in [3.8, 4) is 0 Å². The van der Waals surface area contributed by atoms with Gasteiger partial charge in [0.1, 0.15) is 0 Å². The van der Waals surface area contributed by atoms with Crippen molar-refractivity contribution in [1.82, 2.24) is 0 Å². The van der Waals surface area contributed by atoms with Gasteiger partial charge in [0.15, 0.2) is 0 Å². The molecule has 1 rings (SSSR count). The largest absolute Gasteiger partial charge is 0.177 e. The number of thiophene rings is 1. The second-order valence-electron chi connectivity index (χ2n) is 1.89. The third-order valence-electron chi connectivity index (χ3n) is 0.425. The zero-order valence-electron chi connectivity index (χ0n) is 5.74. The minimum atomic E-state index is 0.528. The van der Waals surface area contributed by atoms with Crippen molar-refractivity contribution >= 4 is 24.0 Å². The lowest BCUT2D eigenvalue weighted by molar-refractivity contribution is 1.13. The highest BCUT2D eigenvalue weighted by Gasteiger charge is 1.69. The summed E-state index contributed by atoms with van der Waals surface area (Å²) in [6, 6.07) is 4.04. The molecule has 1 heterocycles. The summed E-state index contributed by atoms with van der Waals surface area (Å²) in [6.45, 7) is 4.06. The molecule has 52 valence electrons. The molecule has 0 atom stereocenters. The molecule has 0 amide bonds. The van der Waals surface area contributed by atoms with Crippen LogP contribution in [0.3, 0.4) is 0 Å².